The van der Waals surface area contributed by atoms with Crippen LogP contribution in [0.4, 0.5) is 0 Å². The normalized spacial score (nSPS) is 32.0. The standard InChI is InChI=1S/C20H30O7/c1-4-19(2,3)18(23)25-6-5-24-16(21)12-26-20-9-13-7-14(10-20)17(22)27-15(8-13)11-20/h13-15H,4-12H2,1-3H3. The van der Waals surface area contributed by atoms with Gasteiger partial charge in [-0.25, -0.2) is 4.79 Å². The molecule has 2 saturated carbocycles. The number of esters is 3. The monoisotopic (exact) mass is 382 g/mol. The Hall–Kier alpha value is -1.63. The van der Waals surface area contributed by atoms with Crippen molar-refractivity contribution in [2.24, 2.45) is 17.3 Å². The van der Waals surface area contributed by atoms with Crippen molar-refractivity contribution in [2.75, 3.05) is 19.8 Å². The average Bonchev–Trinajstić information content (AvgIpc) is 2.78. The number of carbonyl (C=O) groups is 3. The lowest BCUT2D eigenvalue weighted by molar-refractivity contribution is -0.171. The molecule has 7 heteroatoms. The minimum Gasteiger partial charge on any atom is -0.462 e. The first-order valence-corrected chi connectivity index (χ1v) is 9.90. The maximum atomic E-state index is 12.1. The fraction of sp³-hybridized carbons (Fsp3) is 0.850. The molecule has 27 heavy (non-hydrogen) atoms. The molecule has 4 fully saturated rings. The molecule has 4 aliphatic rings. The molecule has 4 atom stereocenters. The van der Waals surface area contributed by atoms with Crippen LogP contribution in [0.5, 0.6) is 0 Å². The molecule has 2 saturated heterocycles. The summed E-state index contributed by atoms with van der Waals surface area (Å²) >= 11 is 0. The smallest absolute Gasteiger partial charge is 0.332 e. The Morgan fingerprint density at radius 3 is 2.63 bits per heavy atom. The second-order valence-corrected chi connectivity index (χ2v) is 8.77. The van der Waals surface area contributed by atoms with E-state index in [2.05, 4.69) is 0 Å². The third-order valence-electron chi connectivity index (χ3n) is 6.22. The number of carbonyl (C=O) groups excluding carboxylic acids is 3. The van der Waals surface area contributed by atoms with Crippen LogP contribution in [0.1, 0.15) is 59.3 Å². The largest absolute Gasteiger partial charge is 0.462 e. The number of hydrogen-bond donors (Lipinski definition) is 0. The number of ether oxygens (including phenoxy) is 4. The van der Waals surface area contributed by atoms with Gasteiger partial charge in [0.05, 0.1) is 16.9 Å². The van der Waals surface area contributed by atoms with E-state index >= 15 is 0 Å². The van der Waals surface area contributed by atoms with E-state index in [4.69, 9.17) is 18.9 Å². The fourth-order valence-corrected chi connectivity index (χ4v) is 4.43. The molecule has 2 aliphatic heterocycles. The third kappa shape index (κ3) is 4.62. The maximum Gasteiger partial charge on any atom is 0.332 e. The van der Waals surface area contributed by atoms with Crippen molar-refractivity contribution in [1.82, 2.24) is 0 Å². The SMILES string of the molecule is CCC(C)(C)C(=O)OCCOC(=O)COC12CC3CC(C1)OC(=O)C(C3)C2. The molecule has 4 rings (SSSR count). The van der Waals surface area contributed by atoms with Gasteiger partial charge in [0.1, 0.15) is 25.9 Å². The summed E-state index contributed by atoms with van der Waals surface area (Å²) in [6.45, 7) is 5.44. The fourth-order valence-electron chi connectivity index (χ4n) is 4.43. The number of fused-ring (bicyclic) bond motifs is 1. The van der Waals surface area contributed by atoms with E-state index in [1.807, 2.05) is 20.8 Å². The van der Waals surface area contributed by atoms with Gasteiger partial charge < -0.3 is 18.9 Å². The van der Waals surface area contributed by atoms with E-state index in [0.29, 0.717) is 25.2 Å². The predicted molar refractivity (Wildman–Crippen MR) is 94.6 cm³/mol. The number of hydrogen-bond acceptors (Lipinski definition) is 7. The lowest BCUT2D eigenvalue weighted by Crippen LogP contribution is -2.47. The summed E-state index contributed by atoms with van der Waals surface area (Å²) in [5.74, 6) is -0.596. The summed E-state index contributed by atoms with van der Waals surface area (Å²) in [4.78, 5) is 35.9. The van der Waals surface area contributed by atoms with Crippen molar-refractivity contribution in [1.29, 1.82) is 0 Å². The van der Waals surface area contributed by atoms with E-state index in [0.717, 1.165) is 19.3 Å². The molecule has 4 unspecified atom stereocenters. The Kier molecular flexibility index (Phi) is 5.79. The third-order valence-corrected chi connectivity index (χ3v) is 6.22. The van der Waals surface area contributed by atoms with Crippen LogP contribution >= 0.6 is 0 Å². The van der Waals surface area contributed by atoms with Crippen molar-refractivity contribution in [3.8, 4) is 0 Å². The average molecular weight is 382 g/mol. The summed E-state index contributed by atoms with van der Waals surface area (Å²) in [6, 6.07) is 0. The summed E-state index contributed by atoms with van der Waals surface area (Å²) in [5, 5.41) is 0. The molecular weight excluding hydrogens is 352 g/mol. The Morgan fingerprint density at radius 2 is 1.89 bits per heavy atom. The highest BCUT2D eigenvalue weighted by Crippen LogP contribution is 2.51. The Bertz CT molecular complexity index is 599. The summed E-state index contributed by atoms with van der Waals surface area (Å²) < 4.78 is 21.7. The molecule has 0 spiro atoms. The lowest BCUT2D eigenvalue weighted by atomic mass is 9.65. The second kappa shape index (κ2) is 7.78. The summed E-state index contributed by atoms with van der Waals surface area (Å²) in [6.07, 6.45) is 4.49. The molecule has 152 valence electrons. The zero-order valence-electron chi connectivity index (χ0n) is 16.5. The quantitative estimate of drug-likeness (QED) is 0.362. The van der Waals surface area contributed by atoms with Gasteiger partial charge in [0.25, 0.3) is 0 Å². The first-order valence-electron chi connectivity index (χ1n) is 9.90. The van der Waals surface area contributed by atoms with Gasteiger partial charge in [0.15, 0.2) is 0 Å². The van der Waals surface area contributed by atoms with Gasteiger partial charge in [0.2, 0.25) is 0 Å². The van der Waals surface area contributed by atoms with Crippen molar-refractivity contribution in [2.45, 2.75) is 71.0 Å². The van der Waals surface area contributed by atoms with Crippen LogP contribution in [0.25, 0.3) is 0 Å². The van der Waals surface area contributed by atoms with Gasteiger partial charge in [-0.15, -0.1) is 0 Å². The highest BCUT2D eigenvalue weighted by Gasteiger charge is 2.53. The Labute approximate surface area is 160 Å². The second-order valence-electron chi connectivity index (χ2n) is 8.77. The molecule has 0 radical (unpaired) electrons. The first-order chi connectivity index (χ1) is 12.7. The summed E-state index contributed by atoms with van der Waals surface area (Å²) in [7, 11) is 0. The van der Waals surface area contributed by atoms with Crippen LogP contribution in [-0.2, 0) is 33.3 Å². The van der Waals surface area contributed by atoms with Gasteiger partial charge in [-0.05, 0) is 51.9 Å². The minimum atomic E-state index is -0.538. The van der Waals surface area contributed by atoms with E-state index in [-0.39, 0.29) is 43.8 Å². The molecule has 0 amide bonds. The Morgan fingerprint density at radius 1 is 1.15 bits per heavy atom. The molecule has 0 aromatic heterocycles. The van der Waals surface area contributed by atoms with Gasteiger partial charge in [-0.2, -0.15) is 0 Å². The highest BCUT2D eigenvalue weighted by molar-refractivity contribution is 5.76. The molecule has 0 aromatic rings. The topological polar surface area (TPSA) is 88.1 Å². The molecule has 0 aromatic carbocycles. The highest BCUT2D eigenvalue weighted by atomic mass is 16.6. The zero-order chi connectivity index (χ0) is 19.7. The molecule has 2 aliphatic carbocycles. The molecular formula is C20H30O7. The van der Waals surface area contributed by atoms with Gasteiger partial charge >= 0.3 is 17.9 Å². The number of rotatable bonds is 8. The Balaban J connectivity index is 1.41. The van der Waals surface area contributed by atoms with E-state index in [1.165, 1.54) is 0 Å². The van der Waals surface area contributed by atoms with Crippen LogP contribution in [0.15, 0.2) is 0 Å². The van der Waals surface area contributed by atoms with Gasteiger partial charge in [-0.3, -0.25) is 9.59 Å². The summed E-state index contributed by atoms with van der Waals surface area (Å²) in [5.41, 5.74) is -0.997. The molecule has 7 nitrogen and oxygen atoms in total. The van der Waals surface area contributed by atoms with Crippen LogP contribution in [0, 0.1) is 17.3 Å². The van der Waals surface area contributed by atoms with Gasteiger partial charge in [-0.1, -0.05) is 6.92 Å². The zero-order valence-corrected chi connectivity index (χ0v) is 16.5. The van der Waals surface area contributed by atoms with Crippen molar-refractivity contribution in [3.63, 3.8) is 0 Å². The minimum absolute atomic E-state index is 0.0101. The van der Waals surface area contributed by atoms with Crippen LogP contribution in [-0.4, -0.2) is 49.4 Å². The maximum absolute atomic E-state index is 12.1. The molecule has 2 heterocycles. The van der Waals surface area contributed by atoms with E-state index in [1.54, 1.807) is 0 Å². The predicted octanol–water partition coefficient (Wildman–Crippen LogP) is 2.40. The first kappa shape index (κ1) is 20.1. The van der Waals surface area contributed by atoms with Crippen molar-refractivity contribution >= 4 is 17.9 Å². The van der Waals surface area contributed by atoms with Crippen LogP contribution < -0.4 is 0 Å². The van der Waals surface area contributed by atoms with Crippen LogP contribution in [0.2, 0.25) is 0 Å². The van der Waals surface area contributed by atoms with Crippen LogP contribution in [0.3, 0.4) is 0 Å². The van der Waals surface area contributed by atoms with Crippen molar-refractivity contribution < 1.29 is 33.3 Å². The van der Waals surface area contributed by atoms with E-state index in [9.17, 15) is 14.4 Å². The molecule has 0 N–H and O–H groups in total. The van der Waals surface area contributed by atoms with Gasteiger partial charge in [0, 0.05) is 6.42 Å². The molecule has 4 bridgehead atoms. The lowest BCUT2D eigenvalue weighted by Gasteiger charge is -2.45. The van der Waals surface area contributed by atoms with E-state index < -0.39 is 17.0 Å². The van der Waals surface area contributed by atoms with Crippen molar-refractivity contribution in [3.05, 3.63) is 0 Å².